The molecule has 1 heterocycles. The van der Waals surface area contributed by atoms with Crippen molar-refractivity contribution in [3.8, 4) is 0 Å². The van der Waals surface area contributed by atoms with Crippen LogP contribution in [0.15, 0.2) is 23.1 Å². The molecule has 0 saturated carbocycles. The summed E-state index contributed by atoms with van der Waals surface area (Å²) in [6.45, 7) is 1.19. The van der Waals surface area contributed by atoms with E-state index in [-0.39, 0.29) is 5.69 Å². The minimum absolute atomic E-state index is 0.170. The van der Waals surface area contributed by atoms with Gasteiger partial charge < -0.3 is 5.73 Å². The lowest BCUT2D eigenvalue weighted by Gasteiger charge is -2.26. The highest BCUT2D eigenvalue weighted by molar-refractivity contribution is 7.89. The lowest BCUT2D eigenvalue weighted by molar-refractivity contribution is -0.386. The molecule has 3 N–H and O–H groups in total. The van der Waals surface area contributed by atoms with Crippen LogP contribution >= 0.6 is 0 Å². The van der Waals surface area contributed by atoms with Crippen molar-refractivity contribution in [3.05, 3.63) is 28.3 Å². The third-order valence-corrected chi connectivity index (χ3v) is 4.51. The summed E-state index contributed by atoms with van der Waals surface area (Å²) >= 11 is 0. The van der Waals surface area contributed by atoms with Crippen LogP contribution in [0.25, 0.3) is 0 Å². The Morgan fingerprint density at radius 3 is 2.50 bits per heavy atom. The normalized spacial score (nSPS) is 17.0. The largest absolute Gasteiger partial charge is 0.393 e. The molecule has 0 bridgehead atoms. The summed E-state index contributed by atoms with van der Waals surface area (Å²) in [5.41, 5.74) is 4.75. The van der Waals surface area contributed by atoms with Crippen molar-refractivity contribution in [1.29, 1.82) is 0 Å². The third kappa shape index (κ3) is 3.06. The van der Waals surface area contributed by atoms with E-state index in [1.807, 2.05) is 0 Å². The van der Waals surface area contributed by atoms with Gasteiger partial charge in [0.2, 0.25) is 0 Å². The van der Waals surface area contributed by atoms with Gasteiger partial charge in [0.25, 0.3) is 10.0 Å². The zero-order chi connectivity index (χ0) is 14.8. The number of hydrogen-bond donors (Lipinski definition) is 2. The number of nitro groups is 1. The first-order valence-electron chi connectivity index (χ1n) is 6.22. The SMILES string of the molecule is Nc1cccc(S(=O)(=O)NN2CCCCC2)c1[N+](=O)[O-]. The highest BCUT2D eigenvalue weighted by atomic mass is 32.2. The van der Waals surface area contributed by atoms with E-state index >= 15 is 0 Å². The van der Waals surface area contributed by atoms with Crippen LogP contribution in [-0.2, 0) is 10.0 Å². The lowest BCUT2D eigenvalue weighted by Crippen LogP contribution is -2.45. The molecule has 0 spiro atoms. The Bertz CT molecular complexity index is 611. The van der Waals surface area contributed by atoms with Gasteiger partial charge in [-0.15, -0.1) is 4.83 Å². The fourth-order valence-electron chi connectivity index (χ4n) is 2.16. The molecule has 0 unspecified atom stereocenters. The van der Waals surface area contributed by atoms with Crippen LogP contribution in [0.5, 0.6) is 0 Å². The second kappa shape index (κ2) is 5.73. The Kier molecular flexibility index (Phi) is 4.21. The fourth-order valence-corrected chi connectivity index (χ4v) is 3.48. The molecule has 1 aliphatic heterocycles. The Labute approximate surface area is 116 Å². The van der Waals surface area contributed by atoms with Crippen LogP contribution in [-0.4, -0.2) is 31.4 Å². The van der Waals surface area contributed by atoms with Gasteiger partial charge in [0.15, 0.2) is 4.90 Å². The van der Waals surface area contributed by atoms with E-state index in [1.165, 1.54) is 18.2 Å². The molecule has 110 valence electrons. The van der Waals surface area contributed by atoms with Gasteiger partial charge in [-0.3, -0.25) is 10.1 Å². The number of hydrogen-bond acceptors (Lipinski definition) is 6. The van der Waals surface area contributed by atoms with Crippen molar-refractivity contribution in [2.45, 2.75) is 24.2 Å². The van der Waals surface area contributed by atoms with E-state index in [9.17, 15) is 18.5 Å². The van der Waals surface area contributed by atoms with Gasteiger partial charge in [0, 0.05) is 13.1 Å². The number of benzene rings is 1. The molecule has 9 heteroatoms. The molecule has 0 aliphatic carbocycles. The van der Waals surface area contributed by atoms with Crippen molar-refractivity contribution in [1.82, 2.24) is 9.84 Å². The Morgan fingerprint density at radius 2 is 1.90 bits per heavy atom. The molecule has 8 nitrogen and oxygen atoms in total. The van der Waals surface area contributed by atoms with Crippen molar-refractivity contribution in [2.24, 2.45) is 0 Å². The summed E-state index contributed by atoms with van der Waals surface area (Å²) in [4.78, 5) is 12.2. The standard InChI is InChI=1S/C11H16N4O4S/c12-9-5-4-6-10(11(9)15(16)17)20(18,19)13-14-7-2-1-3-8-14/h4-6,13H,1-3,7-8,12H2. The summed E-state index contributed by atoms with van der Waals surface area (Å²) in [6.07, 6.45) is 2.83. The molecule has 0 atom stereocenters. The monoisotopic (exact) mass is 300 g/mol. The number of piperidine rings is 1. The number of hydrazine groups is 1. The quantitative estimate of drug-likeness (QED) is 0.483. The number of rotatable bonds is 4. The molecule has 20 heavy (non-hydrogen) atoms. The topological polar surface area (TPSA) is 119 Å². The fraction of sp³-hybridized carbons (Fsp3) is 0.455. The summed E-state index contributed by atoms with van der Waals surface area (Å²) in [5.74, 6) is 0. The van der Waals surface area contributed by atoms with Crippen LogP contribution in [0.4, 0.5) is 11.4 Å². The minimum atomic E-state index is -4.00. The van der Waals surface area contributed by atoms with E-state index < -0.39 is 25.5 Å². The Hall–Kier alpha value is -1.71. The van der Waals surface area contributed by atoms with Crippen molar-refractivity contribution in [3.63, 3.8) is 0 Å². The number of sulfonamides is 1. The van der Waals surface area contributed by atoms with E-state index in [0.29, 0.717) is 13.1 Å². The molecule has 1 saturated heterocycles. The third-order valence-electron chi connectivity index (χ3n) is 3.11. The van der Waals surface area contributed by atoms with Crippen LogP contribution in [0.3, 0.4) is 0 Å². The number of nitrogens with one attached hydrogen (secondary N) is 1. The smallest absolute Gasteiger partial charge is 0.312 e. The summed E-state index contributed by atoms with van der Waals surface area (Å²) in [5, 5.41) is 12.6. The minimum Gasteiger partial charge on any atom is -0.393 e. The van der Waals surface area contributed by atoms with Gasteiger partial charge in [0.05, 0.1) is 4.92 Å². The average Bonchev–Trinajstić information content (AvgIpc) is 2.38. The van der Waals surface area contributed by atoms with E-state index in [0.717, 1.165) is 19.3 Å². The maximum atomic E-state index is 12.3. The molecule has 1 aromatic carbocycles. The van der Waals surface area contributed by atoms with Gasteiger partial charge in [-0.2, -0.15) is 0 Å². The molecule has 1 aliphatic rings. The maximum Gasteiger partial charge on any atom is 0.312 e. The molecule has 0 amide bonds. The number of anilines is 1. The summed E-state index contributed by atoms with van der Waals surface area (Å²) in [6, 6.07) is 3.87. The van der Waals surface area contributed by atoms with Crippen molar-refractivity contribution >= 4 is 21.4 Å². The first-order valence-corrected chi connectivity index (χ1v) is 7.70. The Balaban J connectivity index is 2.34. The Morgan fingerprint density at radius 1 is 1.25 bits per heavy atom. The molecule has 2 rings (SSSR count). The highest BCUT2D eigenvalue weighted by Crippen LogP contribution is 2.29. The van der Waals surface area contributed by atoms with Gasteiger partial charge >= 0.3 is 5.69 Å². The van der Waals surface area contributed by atoms with Gasteiger partial charge in [-0.25, -0.2) is 13.4 Å². The second-order valence-corrected chi connectivity index (χ2v) is 6.22. The predicted octanol–water partition coefficient (Wildman–Crippen LogP) is 0.856. The van der Waals surface area contributed by atoms with Crippen LogP contribution < -0.4 is 10.6 Å². The van der Waals surface area contributed by atoms with Crippen molar-refractivity contribution in [2.75, 3.05) is 18.8 Å². The molecule has 0 aromatic heterocycles. The van der Waals surface area contributed by atoms with E-state index in [1.54, 1.807) is 5.01 Å². The van der Waals surface area contributed by atoms with Crippen LogP contribution in [0.2, 0.25) is 0 Å². The maximum absolute atomic E-state index is 12.3. The zero-order valence-corrected chi connectivity index (χ0v) is 11.6. The molecule has 0 radical (unpaired) electrons. The molecule has 1 aromatic rings. The number of nitrogens with two attached hydrogens (primary N) is 1. The van der Waals surface area contributed by atoms with Gasteiger partial charge in [0.1, 0.15) is 5.69 Å². The van der Waals surface area contributed by atoms with E-state index in [4.69, 9.17) is 5.73 Å². The highest BCUT2D eigenvalue weighted by Gasteiger charge is 2.29. The number of para-hydroxylation sites is 1. The molecular weight excluding hydrogens is 284 g/mol. The average molecular weight is 300 g/mol. The van der Waals surface area contributed by atoms with Crippen LogP contribution in [0.1, 0.15) is 19.3 Å². The second-order valence-electron chi connectivity index (χ2n) is 4.59. The molecule has 1 fully saturated rings. The first kappa shape index (κ1) is 14.7. The van der Waals surface area contributed by atoms with E-state index in [2.05, 4.69) is 4.83 Å². The zero-order valence-electron chi connectivity index (χ0n) is 10.8. The predicted molar refractivity (Wildman–Crippen MR) is 73.3 cm³/mol. The van der Waals surface area contributed by atoms with Gasteiger partial charge in [-0.05, 0) is 25.0 Å². The number of nitro benzene ring substituents is 1. The first-order chi connectivity index (χ1) is 9.42. The summed E-state index contributed by atoms with van der Waals surface area (Å²) in [7, 11) is -4.00. The lowest BCUT2D eigenvalue weighted by atomic mass is 10.2. The summed E-state index contributed by atoms with van der Waals surface area (Å²) < 4.78 is 24.5. The number of nitrogen functional groups attached to an aromatic ring is 1. The molecular formula is C11H16N4O4S. The van der Waals surface area contributed by atoms with Gasteiger partial charge in [-0.1, -0.05) is 12.5 Å². The van der Waals surface area contributed by atoms with Crippen molar-refractivity contribution < 1.29 is 13.3 Å². The number of nitrogens with zero attached hydrogens (tertiary/aromatic N) is 2. The van der Waals surface area contributed by atoms with Crippen LogP contribution in [0, 0.1) is 10.1 Å².